The summed E-state index contributed by atoms with van der Waals surface area (Å²) in [6.45, 7) is 5.37. The van der Waals surface area contributed by atoms with Gasteiger partial charge >= 0.3 is 6.18 Å². The molecule has 0 radical (unpaired) electrons. The van der Waals surface area contributed by atoms with Crippen LogP contribution in [-0.4, -0.2) is 24.4 Å². The Morgan fingerprint density at radius 3 is 2.31 bits per heavy atom. The Morgan fingerprint density at radius 1 is 1.19 bits per heavy atom. The number of alkyl halides is 3. The summed E-state index contributed by atoms with van der Waals surface area (Å²) in [7, 11) is 0. The maximum Gasteiger partial charge on any atom is 0.389 e. The van der Waals surface area contributed by atoms with E-state index in [1.54, 1.807) is 0 Å². The first-order valence-corrected chi connectivity index (χ1v) is 5.80. The highest BCUT2D eigenvalue weighted by Crippen LogP contribution is 2.21. The molecule has 0 aromatic heterocycles. The summed E-state index contributed by atoms with van der Waals surface area (Å²) in [6.07, 6.45) is -4.15. The lowest BCUT2D eigenvalue weighted by atomic mass is 10.2. The van der Waals surface area contributed by atoms with Crippen LogP contribution in [0.4, 0.5) is 13.2 Å². The minimum atomic E-state index is -4.05. The molecule has 0 saturated heterocycles. The van der Waals surface area contributed by atoms with E-state index in [1.807, 2.05) is 0 Å². The van der Waals surface area contributed by atoms with Crippen LogP contribution in [0.25, 0.3) is 0 Å². The molecule has 0 unspecified atom stereocenters. The second-order valence-electron chi connectivity index (χ2n) is 4.10. The van der Waals surface area contributed by atoms with Gasteiger partial charge in [-0.25, -0.2) is 0 Å². The lowest BCUT2D eigenvalue weighted by Crippen LogP contribution is -2.37. The van der Waals surface area contributed by atoms with Crippen LogP contribution in [0.15, 0.2) is 0 Å². The van der Waals surface area contributed by atoms with Crippen LogP contribution in [0.5, 0.6) is 0 Å². The fourth-order valence-corrected chi connectivity index (χ4v) is 1.20. The van der Waals surface area contributed by atoms with Crippen LogP contribution in [0.1, 0.15) is 33.1 Å². The fourth-order valence-electron chi connectivity index (χ4n) is 1.01. The molecule has 6 heteroatoms. The van der Waals surface area contributed by atoms with Gasteiger partial charge in [-0.2, -0.15) is 13.2 Å². The molecule has 0 amide bonds. The fraction of sp³-hybridized carbons (Fsp3) is 0.900. The van der Waals surface area contributed by atoms with Gasteiger partial charge in [-0.15, -0.1) is 0 Å². The van der Waals surface area contributed by atoms with Crippen LogP contribution in [0, 0.1) is 5.92 Å². The Morgan fingerprint density at radius 2 is 1.81 bits per heavy atom. The lowest BCUT2D eigenvalue weighted by molar-refractivity contribution is -0.135. The topological polar surface area (TPSA) is 24.1 Å². The first kappa shape index (κ1) is 15.5. The third kappa shape index (κ3) is 11.6. The van der Waals surface area contributed by atoms with Gasteiger partial charge in [0.05, 0.1) is 0 Å². The Labute approximate surface area is 100.0 Å². The van der Waals surface area contributed by atoms with Crippen LogP contribution in [-0.2, 0) is 0 Å². The van der Waals surface area contributed by atoms with Gasteiger partial charge in [-0.1, -0.05) is 13.8 Å². The van der Waals surface area contributed by atoms with E-state index in [4.69, 9.17) is 12.2 Å². The maximum atomic E-state index is 11.8. The summed E-state index contributed by atoms with van der Waals surface area (Å²) in [5.74, 6) is 0.491. The highest BCUT2D eigenvalue weighted by atomic mass is 32.1. The van der Waals surface area contributed by atoms with E-state index in [0.717, 1.165) is 6.54 Å². The molecule has 0 aliphatic heterocycles. The Bertz CT molecular complexity index is 205. The molecular formula is C10H19F3N2S. The van der Waals surface area contributed by atoms with E-state index in [2.05, 4.69) is 24.5 Å². The highest BCUT2D eigenvalue weighted by Gasteiger charge is 2.25. The Kier molecular flexibility index (Phi) is 7.45. The highest BCUT2D eigenvalue weighted by molar-refractivity contribution is 7.80. The number of hydrogen-bond donors (Lipinski definition) is 2. The number of unbranched alkanes of at least 4 members (excludes halogenated alkanes) is 1. The minimum absolute atomic E-state index is 0.142. The van der Waals surface area contributed by atoms with Crippen LogP contribution < -0.4 is 10.6 Å². The molecule has 0 fully saturated rings. The molecular weight excluding hydrogens is 237 g/mol. The van der Waals surface area contributed by atoms with E-state index in [0.29, 0.717) is 24.0 Å². The van der Waals surface area contributed by atoms with Crippen molar-refractivity contribution in [2.75, 3.05) is 13.1 Å². The van der Waals surface area contributed by atoms with E-state index in [9.17, 15) is 13.2 Å². The summed E-state index contributed by atoms with van der Waals surface area (Å²) in [5, 5.41) is 6.38. The van der Waals surface area contributed by atoms with E-state index in [1.165, 1.54) is 0 Å². The molecule has 0 bridgehead atoms. The molecule has 2 nitrogen and oxygen atoms in total. The van der Waals surface area contributed by atoms with Gasteiger partial charge in [-0.3, -0.25) is 0 Å². The zero-order chi connectivity index (χ0) is 12.6. The predicted octanol–water partition coefficient (Wildman–Crippen LogP) is 2.84. The van der Waals surface area contributed by atoms with Crippen molar-refractivity contribution in [3.05, 3.63) is 0 Å². The molecule has 0 aliphatic rings. The number of thiocarbonyl (C=S) groups is 1. The summed E-state index contributed by atoms with van der Waals surface area (Å²) >= 11 is 4.95. The summed E-state index contributed by atoms with van der Waals surface area (Å²) < 4.78 is 35.4. The van der Waals surface area contributed by atoms with E-state index in [-0.39, 0.29) is 6.42 Å². The third-order valence-electron chi connectivity index (χ3n) is 1.84. The number of nitrogens with one attached hydrogen (secondary N) is 2. The van der Waals surface area contributed by atoms with Crippen molar-refractivity contribution in [2.24, 2.45) is 5.92 Å². The number of halogens is 3. The van der Waals surface area contributed by atoms with Gasteiger partial charge < -0.3 is 10.6 Å². The van der Waals surface area contributed by atoms with E-state index < -0.39 is 12.6 Å². The van der Waals surface area contributed by atoms with Crippen molar-refractivity contribution in [3.8, 4) is 0 Å². The van der Waals surface area contributed by atoms with Gasteiger partial charge in [0.15, 0.2) is 5.11 Å². The maximum absolute atomic E-state index is 11.8. The molecule has 0 saturated carbocycles. The average Bonchev–Trinajstić information content (AvgIpc) is 2.12. The van der Waals surface area contributed by atoms with Crippen molar-refractivity contribution >= 4 is 17.3 Å². The first-order valence-electron chi connectivity index (χ1n) is 5.39. The molecule has 0 atom stereocenters. The minimum Gasteiger partial charge on any atom is -0.363 e. The quantitative estimate of drug-likeness (QED) is 0.564. The SMILES string of the molecule is CC(C)CNC(=S)NCCCCC(F)(F)F. The van der Waals surface area contributed by atoms with Gasteiger partial charge in [0, 0.05) is 19.5 Å². The predicted molar refractivity (Wildman–Crippen MR) is 63.3 cm³/mol. The molecule has 0 aromatic carbocycles. The summed E-state index contributed by atoms with van der Waals surface area (Å²) in [5.41, 5.74) is 0. The van der Waals surface area contributed by atoms with Crippen LogP contribution in [0.3, 0.4) is 0 Å². The van der Waals surface area contributed by atoms with Crippen molar-refractivity contribution in [1.82, 2.24) is 10.6 Å². The average molecular weight is 256 g/mol. The normalized spacial score (nSPS) is 11.6. The van der Waals surface area contributed by atoms with Gasteiger partial charge in [0.1, 0.15) is 0 Å². The van der Waals surface area contributed by atoms with Crippen LogP contribution in [0.2, 0.25) is 0 Å². The van der Waals surface area contributed by atoms with Crippen molar-refractivity contribution in [2.45, 2.75) is 39.3 Å². The molecule has 0 aromatic rings. The standard InChI is InChI=1S/C10H19F3N2S/c1-8(2)7-15-9(16)14-6-4-3-5-10(11,12)13/h8H,3-7H2,1-2H3,(H2,14,15,16). The van der Waals surface area contributed by atoms with Crippen molar-refractivity contribution < 1.29 is 13.2 Å². The van der Waals surface area contributed by atoms with Gasteiger partial charge in [0.2, 0.25) is 0 Å². The molecule has 0 spiro atoms. The zero-order valence-electron chi connectivity index (χ0n) is 9.66. The largest absolute Gasteiger partial charge is 0.389 e. The number of rotatable bonds is 6. The zero-order valence-corrected chi connectivity index (χ0v) is 10.5. The molecule has 0 aliphatic carbocycles. The van der Waals surface area contributed by atoms with Gasteiger partial charge in [-0.05, 0) is 31.0 Å². The van der Waals surface area contributed by atoms with E-state index >= 15 is 0 Å². The monoisotopic (exact) mass is 256 g/mol. The smallest absolute Gasteiger partial charge is 0.363 e. The third-order valence-corrected chi connectivity index (χ3v) is 2.13. The first-order chi connectivity index (χ1) is 7.31. The van der Waals surface area contributed by atoms with Crippen molar-refractivity contribution in [3.63, 3.8) is 0 Å². The summed E-state index contributed by atoms with van der Waals surface area (Å²) in [4.78, 5) is 0. The summed E-state index contributed by atoms with van der Waals surface area (Å²) in [6, 6.07) is 0. The molecule has 2 N–H and O–H groups in total. The molecule has 0 heterocycles. The molecule has 0 rings (SSSR count). The van der Waals surface area contributed by atoms with Crippen molar-refractivity contribution in [1.29, 1.82) is 0 Å². The Balaban J connectivity index is 3.35. The molecule has 96 valence electrons. The Hall–Kier alpha value is -0.520. The van der Waals surface area contributed by atoms with Gasteiger partial charge in [0.25, 0.3) is 0 Å². The number of hydrogen-bond acceptors (Lipinski definition) is 1. The second kappa shape index (κ2) is 7.70. The van der Waals surface area contributed by atoms with Crippen LogP contribution >= 0.6 is 12.2 Å². The lowest BCUT2D eigenvalue weighted by Gasteiger charge is -2.12. The molecule has 16 heavy (non-hydrogen) atoms. The second-order valence-corrected chi connectivity index (χ2v) is 4.51.